The number of nitrogens with one attached hydrogen (secondary N) is 2. The van der Waals surface area contributed by atoms with Crippen molar-refractivity contribution in [3.8, 4) is 0 Å². The first-order valence-corrected chi connectivity index (χ1v) is 5.47. The molecule has 1 aliphatic heterocycles. The molecule has 2 unspecified atom stereocenters. The first kappa shape index (κ1) is 9.93. The zero-order valence-corrected chi connectivity index (χ0v) is 8.75. The quantitative estimate of drug-likeness (QED) is 0.631. The fourth-order valence-electron chi connectivity index (χ4n) is 2.52. The van der Waals surface area contributed by atoms with Crippen LogP contribution in [-0.2, 0) is 4.79 Å². The maximum atomic E-state index is 11.2. The predicted octanol–water partition coefficient (Wildman–Crippen LogP) is -0.441. The van der Waals surface area contributed by atoms with E-state index in [9.17, 15) is 4.79 Å². The second kappa shape index (κ2) is 4.28. The monoisotopic (exact) mass is 197 g/mol. The van der Waals surface area contributed by atoms with Crippen molar-refractivity contribution in [3.05, 3.63) is 0 Å². The molecule has 1 saturated heterocycles. The normalized spacial score (nSPS) is 34.5. The Kier molecular flexibility index (Phi) is 3.03. The van der Waals surface area contributed by atoms with Gasteiger partial charge in [0, 0.05) is 25.2 Å². The summed E-state index contributed by atoms with van der Waals surface area (Å²) in [5.74, 6) is 0.184. The maximum absolute atomic E-state index is 11.2. The van der Waals surface area contributed by atoms with E-state index in [0.717, 1.165) is 13.1 Å². The number of carbonyl (C=O) groups is 1. The van der Waals surface area contributed by atoms with Crippen molar-refractivity contribution in [1.82, 2.24) is 15.5 Å². The largest absolute Gasteiger partial charge is 0.354 e. The second-order valence-electron chi connectivity index (χ2n) is 4.27. The van der Waals surface area contributed by atoms with Crippen LogP contribution in [0, 0.1) is 0 Å². The average Bonchev–Trinajstić information content (AvgIpc) is 2.66. The molecule has 0 radical (unpaired) electrons. The van der Waals surface area contributed by atoms with Gasteiger partial charge in [-0.2, -0.15) is 0 Å². The molecule has 4 nitrogen and oxygen atoms in total. The van der Waals surface area contributed by atoms with E-state index in [0.29, 0.717) is 18.6 Å². The maximum Gasteiger partial charge on any atom is 0.234 e. The molecule has 2 fully saturated rings. The van der Waals surface area contributed by atoms with E-state index >= 15 is 0 Å². The minimum absolute atomic E-state index is 0.184. The van der Waals surface area contributed by atoms with Crippen LogP contribution in [0.3, 0.4) is 0 Å². The highest BCUT2D eigenvalue weighted by Gasteiger charge is 2.30. The van der Waals surface area contributed by atoms with Gasteiger partial charge in [-0.1, -0.05) is 0 Å². The Bertz CT molecular complexity index is 219. The van der Waals surface area contributed by atoms with Crippen LogP contribution >= 0.6 is 0 Å². The molecule has 1 aliphatic carbocycles. The third kappa shape index (κ3) is 2.07. The van der Waals surface area contributed by atoms with Crippen molar-refractivity contribution in [2.45, 2.75) is 31.3 Å². The van der Waals surface area contributed by atoms with Crippen molar-refractivity contribution >= 4 is 5.91 Å². The van der Waals surface area contributed by atoms with E-state index in [1.807, 2.05) is 7.05 Å². The number of hydrogen-bond donors (Lipinski definition) is 2. The Hall–Kier alpha value is -0.610. The summed E-state index contributed by atoms with van der Waals surface area (Å²) in [5, 5.41) is 6.18. The number of hydrogen-bond acceptors (Lipinski definition) is 3. The van der Waals surface area contributed by atoms with E-state index < -0.39 is 0 Å². The summed E-state index contributed by atoms with van der Waals surface area (Å²) in [6, 6.07) is 1.28. The molecule has 0 aromatic rings. The van der Waals surface area contributed by atoms with Gasteiger partial charge in [0.2, 0.25) is 5.91 Å². The van der Waals surface area contributed by atoms with E-state index in [1.165, 1.54) is 19.3 Å². The smallest absolute Gasteiger partial charge is 0.234 e. The molecule has 2 rings (SSSR count). The van der Waals surface area contributed by atoms with Gasteiger partial charge < -0.3 is 10.6 Å². The van der Waals surface area contributed by atoms with Crippen LogP contribution in [0.4, 0.5) is 0 Å². The molecular weight excluding hydrogens is 178 g/mol. The van der Waals surface area contributed by atoms with Gasteiger partial charge in [0.25, 0.3) is 0 Å². The Morgan fingerprint density at radius 2 is 2.36 bits per heavy atom. The van der Waals surface area contributed by atoms with E-state index in [4.69, 9.17) is 0 Å². The number of piperazine rings is 1. The summed E-state index contributed by atoms with van der Waals surface area (Å²) in [6.45, 7) is 2.44. The average molecular weight is 197 g/mol. The third-order valence-electron chi connectivity index (χ3n) is 3.40. The summed E-state index contributed by atoms with van der Waals surface area (Å²) in [5.41, 5.74) is 0. The SMILES string of the molecule is CNC1CCC(N2CCNC(=O)C2)C1. The highest BCUT2D eigenvalue weighted by molar-refractivity contribution is 5.78. The van der Waals surface area contributed by atoms with Gasteiger partial charge in [-0.3, -0.25) is 9.69 Å². The van der Waals surface area contributed by atoms with Gasteiger partial charge in [-0.15, -0.1) is 0 Å². The molecule has 1 amide bonds. The lowest BCUT2D eigenvalue weighted by atomic mass is 10.2. The molecule has 2 aliphatic rings. The number of amides is 1. The molecule has 1 heterocycles. The first-order valence-electron chi connectivity index (χ1n) is 5.47. The molecule has 2 N–H and O–H groups in total. The highest BCUT2D eigenvalue weighted by atomic mass is 16.2. The molecule has 4 heteroatoms. The van der Waals surface area contributed by atoms with Crippen molar-refractivity contribution in [1.29, 1.82) is 0 Å². The topological polar surface area (TPSA) is 44.4 Å². The fourth-order valence-corrected chi connectivity index (χ4v) is 2.52. The van der Waals surface area contributed by atoms with Crippen LogP contribution < -0.4 is 10.6 Å². The van der Waals surface area contributed by atoms with Gasteiger partial charge in [0.1, 0.15) is 0 Å². The van der Waals surface area contributed by atoms with Crippen LogP contribution in [0.25, 0.3) is 0 Å². The Labute approximate surface area is 85.0 Å². The number of rotatable bonds is 2. The van der Waals surface area contributed by atoms with Gasteiger partial charge in [-0.25, -0.2) is 0 Å². The lowest BCUT2D eigenvalue weighted by molar-refractivity contribution is -0.124. The summed E-state index contributed by atoms with van der Waals surface area (Å²) >= 11 is 0. The predicted molar refractivity (Wildman–Crippen MR) is 55.1 cm³/mol. The third-order valence-corrected chi connectivity index (χ3v) is 3.40. The molecule has 1 saturated carbocycles. The Morgan fingerprint density at radius 1 is 1.50 bits per heavy atom. The van der Waals surface area contributed by atoms with Gasteiger partial charge in [-0.05, 0) is 26.3 Å². The molecule has 0 spiro atoms. The molecule has 80 valence electrons. The summed E-state index contributed by atoms with van der Waals surface area (Å²) < 4.78 is 0. The summed E-state index contributed by atoms with van der Waals surface area (Å²) in [6.07, 6.45) is 3.68. The first-order chi connectivity index (χ1) is 6.79. The van der Waals surface area contributed by atoms with Gasteiger partial charge >= 0.3 is 0 Å². The number of carbonyl (C=O) groups excluding carboxylic acids is 1. The molecule has 14 heavy (non-hydrogen) atoms. The Balaban J connectivity index is 1.86. The van der Waals surface area contributed by atoms with Crippen molar-refractivity contribution < 1.29 is 4.79 Å². The molecule has 0 aromatic heterocycles. The summed E-state index contributed by atoms with van der Waals surface area (Å²) in [4.78, 5) is 13.5. The van der Waals surface area contributed by atoms with E-state index in [1.54, 1.807) is 0 Å². The molecular formula is C10H19N3O. The van der Waals surface area contributed by atoms with Crippen molar-refractivity contribution in [2.24, 2.45) is 0 Å². The zero-order valence-electron chi connectivity index (χ0n) is 8.75. The highest BCUT2D eigenvalue weighted by Crippen LogP contribution is 2.24. The Morgan fingerprint density at radius 3 is 3.00 bits per heavy atom. The lowest BCUT2D eigenvalue weighted by Gasteiger charge is -2.31. The van der Waals surface area contributed by atoms with Gasteiger partial charge in [0.05, 0.1) is 6.54 Å². The molecule has 0 bridgehead atoms. The fraction of sp³-hybridized carbons (Fsp3) is 0.900. The lowest BCUT2D eigenvalue weighted by Crippen LogP contribution is -2.51. The van der Waals surface area contributed by atoms with Crippen LogP contribution in [-0.4, -0.2) is 49.6 Å². The summed E-state index contributed by atoms with van der Waals surface area (Å²) in [7, 11) is 2.02. The van der Waals surface area contributed by atoms with E-state index in [2.05, 4.69) is 15.5 Å². The molecule has 2 atom stereocenters. The minimum Gasteiger partial charge on any atom is -0.354 e. The van der Waals surface area contributed by atoms with Crippen LogP contribution in [0.15, 0.2) is 0 Å². The van der Waals surface area contributed by atoms with Crippen LogP contribution in [0.1, 0.15) is 19.3 Å². The van der Waals surface area contributed by atoms with Crippen molar-refractivity contribution in [2.75, 3.05) is 26.7 Å². The van der Waals surface area contributed by atoms with E-state index in [-0.39, 0.29) is 5.91 Å². The van der Waals surface area contributed by atoms with Crippen LogP contribution in [0.5, 0.6) is 0 Å². The second-order valence-corrected chi connectivity index (χ2v) is 4.27. The van der Waals surface area contributed by atoms with Gasteiger partial charge in [0.15, 0.2) is 0 Å². The number of nitrogens with zero attached hydrogens (tertiary/aromatic N) is 1. The minimum atomic E-state index is 0.184. The molecule has 0 aromatic carbocycles. The van der Waals surface area contributed by atoms with Crippen LogP contribution in [0.2, 0.25) is 0 Å². The van der Waals surface area contributed by atoms with Crippen molar-refractivity contribution in [3.63, 3.8) is 0 Å². The standard InChI is InChI=1S/C10H19N3O/c1-11-8-2-3-9(6-8)13-5-4-12-10(14)7-13/h8-9,11H,2-7H2,1H3,(H,12,14). The zero-order chi connectivity index (χ0) is 9.97.